The van der Waals surface area contributed by atoms with Gasteiger partial charge in [-0.05, 0) is 131 Å². The third-order valence-corrected chi connectivity index (χ3v) is 10.1. The minimum Gasteiger partial charge on any atom is -0.0776 e. The normalized spacial score (nSPS) is 20.0. The van der Waals surface area contributed by atoms with Crippen LogP contribution >= 0.6 is 15.9 Å². The molecule has 1 heteroatoms. The van der Waals surface area contributed by atoms with Crippen LogP contribution < -0.4 is 0 Å². The van der Waals surface area contributed by atoms with Crippen molar-refractivity contribution in [2.75, 3.05) is 0 Å². The summed E-state index contributed by atoms with van der Waals surface area (Å²) < 4.78 is 335. The molecule has 0 heterocycles. The molecule has 0 radical (unpaired) electrons. The largest absolute Gasteiger partial charge is 0.0776 e. The topological polar surface area (TPSA) is 0 Å². The molecule has 0 unspecified atom stereocenters. The molecule has 0 aromatic heterocycles. The Labute approximate surface area is 426 Å². The molecule has 62 heavy (non-hydrogen) atoms. The van der Waals surface area contributed by atoms with Gasteiger partial charge in [0, 0.05) is 4.47 Å². The van der Waals surface area contributed by atoms with Gasteiger partial charge in [-0.2, -0.15) is 0 Å². The fraction of sp³-hybridized carbons (Fsp3) is 0.0164. The molecule has 0 saturated carbocycles. The van der Waals surface area contributed by atoms with E-state index in [0.717, 1.165) is 0 Å². The van der Waals surface area contributed by atoms with Gasteiger partial charge in [-0.1, -0.05) is 237 Å². The zero-order chi connectivity index (χ0) is 74.6. The van der Waals surface area contributed by atoms with Crippen LogP contribution in [0.25, 0.3) is 109 Å². The summed E-state index contributed by atoms with van der Waals surface area (Å²) in [6, 6.07) is -30.5. The maximum Gasteiger partial charge on any atom is 0.0636 e. The van der Waals surface area contributed by atoms with Crippen molar-refractivity contribution >= 4 is 80.6 Å². The van der Waals surface area contributed by atoms with Crippen LogP contribution in [0.2, 0.25) is 0 Å². The predicted molar refractivity (Wildman–Crippen MR) is 274 cm³/mol. The monoisotopic (exact) mass is 893 g/mol. The van der Waals surface area contributed by atoms with Crippen LogP contribution in [-0.2, 0) is 0 Å². The van der Waals surface area contributed by atoms with E-state index in [1.165, 1.54) is 0 Å². The van der Waals surface area contributed by atoms with Crippen LogP contribution in [-0.4, -0.2) is 0 Å². The van der Waals surface area contributed by atoms with Gasteiger partial charge in [-0.25, -0.2) is 0 Å². The molecule has 0 N–H and O–H groups in total. The van der Waals surface area contributed by atoms with E-state index >= 15 is 0 Å². The maximum atomic E-state index is 9.17. The van der Waals surface area contributed by atoms with Crippen molar-refractivity contribution in [1.82, 2.24) is 0 Å². The van der Waals surface area contributed by atoms with Gasteiger partial charge in [-0.15, -0.1) is 0 Å². The molecule has 0 aliphatic carbocycles. The summed E-state index contributed by atoms with van der Waals surface area (Å²) in [5, 5.41) is -5.29. The van der Waals surface area contributed by atoms with Gasteiger partial charge in [0.15, 0.2) is 0 Å². The molecule has 0 bridgehead atoms. The van der Waals surface area contributed by atoms with Crippen LogP contribution in [0.4, 0.5) is 0 Å². The van der Waals surface area contributed by atoms with E-state index in [1.54, 1.807) is 0 Å². The Bertz CT molecular complexity index is 5310. The zero-order valence-electron chi connectivity index (χ0n) is 69.4. The Hall–Kier alpha value is -7.32. The molecule has 0 atom stereocenters. The number of halogens is 1. The minimum atomic E-state index is -0.934. The molecule has 0 fully saturated rings. The van der Waals surface area contributed by atoms with E-state index in [0.29, 0.717) is 0 Å². The van der Waals surface area contributed by atoms with Crippen molar-refractivity contribution in [3.63, 3.8) is 0 Å². The Kier molecular flexibility index (Phi) is 4.01. The standard InChI is InChI=1S/C30H19Br.C30H20.CH4/c31-30-27-13-5-3-11-25(27)29(26-12-4-6-14-28(26)30)22-18-16-21(17-19-22)24-15-7-9-20-8-1-2-10-23(20)24;1-4-12-26-21(8-1)11-7-15-27(26)22-16-18-23(19-17-22)30-28-13-5-2-9-24(28)20-25-10-3-6-14-29(25)30;/h1-19H;1-20H;1H4/i1D,2D,3D,4D,5D,6D,7D,8D,9D,10D,11D,12D,13D,14D,15D,16D,17D,18D,19D;1D,2D,3D,4D,5D,6D,7D,8D,9D,10D,11D,12D,13D,14D,15D,16D,17D,18D,19D,20D;. The van der Waals surface area contributed by atoms with E-state index < -0.39 is 323 Å². The van der Waals surface area contributed by atoms with Crippen molar-refractivity contribution < 1.29 is 53.5 Å². The van der Waals surface area contributed by atoms with Crippen molar-refractivity contribution in [3.05, 3.63) is 240 Å². The second-order valence-electron chi connectivity index (χ2n) is 12.7. The lowest BCUT2D eigenvalue weighted by atomic mass is 9.90. The van der Waals surface area contributed by atoms with E-state index in [4.69, 9.17) is 53.5 Å². The third-order valence-electron chi connectivity index (χ3n) is 9.31. The molecule has 0 aliphatic heterocycles. The fourth-order valence-electron chi connectivity index (χ4n) is 6.64. The van der Waals surface area contributed by atoms with Gasteiger partial charge >= 0.3 is 0 Å². The molecular formula is C61H43Br. The smallest absolute Gasteiger partial charge is 0.0636 e. The number of benzene rings is 12. The van der Waals surface area contributed by atoms with Gasteiger partial charge in [0.05, 0.1) is 53.5 Å². The summed E-state index contributed by atoms with van der Waals surface area (Å²) in [4.78, 5) is 0. The third kappa shape index (κ3) is 6.91. The van der Waals surface area contributed by atoms with E-state index in [1.807, 2.05) is 0 Å². The number of hydrogen-bond acceptors (Lipinski definition) is 0. The lowest BCUT2D eigenvalue weighted by molar-refractivity contribution is 1.63. The fourth-order valence-corrected chi connectivity index (χ4v) is 7.24. The van der Waals surface area contributed by atoms with Gasteiger partial charge in [0.1, 0.15) is 0 Å². The summed E-state index contributed by atoms with van der Waals surface area (Å²) in [6.45, 7) is 0. The lowest BCUT2D eigenvalue weighted by Gasteiger charge is -2.15. The first-order valence-corrected chi connectivity index (χ1v) is 18.5. The second-order valence-corrected chi connectivity index (χ2v) is 13.5. The first kappa shape index (κ1) is 14.9. The summed E-state index contributed by atoms with van der Waals surface area (Å²) in [7, 11) is 0. The molecule has 0 amide bonds. The van der Waals surface area contributed by atoms with Crippen molar-refractivity contribution in [2.24, 2.45) is 0 Å². The summed E-state index contributed by atoms with van der Waals surface area (Å²) in [5.41, 5.74) is -4.84. The Balaban J connectivity index is 0.000000216. The molecule has 12 aromatic rings. The summed E-state index contributed by atoms with van der Waals surface area (Å²) in [6.07, 6.45) is 0. The van der Waals surface area contributed by atoms with Gasteiger partial charge in [-0.3, -0.25) is 0 Å². The van der Waals surface area contributed by atoms with E-state index in [9.17, 15) is 0 Å². The van der Waals surface area contributed by atoms with Crippen LogP contribution in [0.15, 0.2) is 240 Å². The zero-order valence-corrected chi connectivity index (χ0v) is 32.0. The SMILES string of the molecule is C.[2H]c1c([2H])c(-c2c3c([2H])c([2H])c([2H])c([2H])c3c(Br)c3c([2H])c([2H])c([2H])c([2H])c23)c([2H])c([2H])c1-c1c([2H])c([2H])c([2H])c2c([2H])c([2H])c([2H])c([2H])c12.[2H]c1c([2H])c(-c2c3c([2H])c([2H])c([2H])c([2H])c3c([2H])c3c([2H])c([2H])c([2H])c([2H])c23)c([2H])c([2H])c1-c1c([2H])c([2H])c([2H])c2c([2H])c([2H])c([2H])c([2H])c12. The Morgan fingerprint density at radius 1 is 0.258 bits per heavy atom. The van der Waals surface area contributed by atoms with Crippen molar-refractivity contribution in [3.8, 4) is 44.5 Å². The molecule has 12 aromatic carbocycles. The minimum absolute atomic E-state index is 0. The second kappa shape index (κ2) is 16.6. The molecule has 12 rings (SSSR count). The molecule has 294 valence electrons. The van der Waals surface area contributed by atoms with E-state index in [2.05, 4.69) is 15.9 Å². The van der Waals surface area contributed by atoms with Gasteiger partial charge in [0.2, 0.25) is 0 Å². The van der Waals surface area contributed by atoms with Crippen LogP contribution in [0.3, 0.4) is 0 Å². The van der Waals surface area contributed by atoms with Crippen molar-refractivity contribution in [1.29, 1.82) is 0 Å². The molecule has 0 spiro atoms. The quantitative estimate of drug-likeness (QED) is 0.154. The number of fused-ring (bicyclic) bond motifs is 6. The van der Waals surface area contributed by atoms with Crippen LogP contribution in [0.1, 0.15) is 60.9 Å². The first-order chi connectivity index (χ1) is 46.4. The van der Waals surface area contributed by atoms with Crippen molar-refractivity contribution in [2.45, 2.75) is 7.43 Å². The highest BCUT2D eigenvalue weighted by atomic mass is 79.9. The average molecular weight is 895 g/mol. The molecule has 0 aliphatic rings. The lowest BCUT2D eigenvalue weighted by Crippen LogP contribution is -1.88. The first-order valence-electron chi connectivity index (χ1n) is 37.2. The van der Waals surface area contributed by atoms with Gasteiger partial charge in [0.25, 0.3) is 0 Å². The highest BCUT2D eigenvalue weighted by molar-refractivity contribution is 9.10. The number of rotatable bonds is 4. The number of hydrogen-bond donors (Lipinski definition) is 0. The highest BCUT2D eigenvalue weighted by Gasteiger charge is 2.15. The Morgan fingerprint density at radius 2 is 0.548 bits per heavy atom. The molecular weight excluding hydrogens is 813 g/mol. The average Bonchev–Trinajstić information content (AvgIpc) is 0.706. The highest BCUT2D eigenvalue weighted by Crippen LogP contribution is 2.43. The molecule has 0 nitrogen and oxygen atoms in total. The predicted octanol–water partition coefficient (Wildman–Crippen LogP) is 18.4. The van der Waals surface area contributed by atoms with Crippen LogP contribution in [0, 0.1) is 0 Å². The van der Waals surface area contributed by atoms with E-state index in [-0.39, 0.29) is 33.4 Å². The molecule has 0 saturated heterocycles. The van der Waals surface area contributed by atoms with Gasteiger partial charge < -0.3 is 0 Å². The summed E-state index contributed by atoms with van der Waals surface area (Å²) >= 11 is 3.27. The summed E-state index contributed by atoms with van der Waals surface area (Å²) in [5.74, 6) is 0. The van der Waals surface area contributed by atoms with Crippen LogP contribution in [0.5, 0.6) is 0 Å². The Morgan fingerprint density at radius 3 is 0.968 bits per heavy atom. The maximum absolute atomic E-state index is 9.17.